The number of aromatic nitrogens is 2. The molecular weight excluding hydrogens is 198 g/mol. The average Bonchev–Trinajstić information content (AvgIpc) is 2.25. The van der Waals surface area contributed by atoms with E-state index in [0.717, 1.165) is 24.4 Å². The topological polar surface area (TPSA) is 37.8 Å². The molecular formula is C13H21N3. The van der Waals surface area contributed by atoms with Crippen molar-refractivity contribution < 1.29 is 0 Å². The molecule has 88 valence electrons. The van der Waals surface area contributed by atoms with Gasteiger partial charge < -0.3 is 5.32 Å². The minimum absolute atomic E-state index is 0.130. The molecule has 0 aliphatic heterocycles. The van der Waals surface area contributed by atoms with Gasteiger partial charge in [0.05, 0.1) is 6.04 Å². The third-order valence-electron chi connectivity index (χ3n) is 2.19. The third-order valence-corrected chi connectivity index (χ3v) is 2.19. The first-order valence-electron chi connectivity index (χ1n) is 5.80. The van der Waals surface area contributed by atoms with Gasteiger partial charge in [0, 0.05) is 12.4 Å². The summed E-state index contributed by atoms with van der Waals surface area (Å²) in [5.41, 5.74) is 2.37. The monoisotopic (exact) mass is 219 g/mol. The van der Waals surface area contributed by atoms with Crippen LogP contribution in [0.3, 0.4) is 0 Å². The van der Waals surface area contributed by atoms with Crippen LogP contribution in [0.4, 0.5) is 0 Å². The van der Waals surface area contributed by atoms with Gasteiger partial charge in [-0.3, -0.25) is 0 Å². The lowest BCUT2D eigenvalue weighted by atomic mass is 10.2. The molecule has 0 aliphatic rings. The van der Waals surface area contributed by atoms with Crippen LogP contribution in [-0.4, -0.2) is 16.5 Å². The molecule has 3 heteroatoms. The Balaban J connectivity index is 2.83. The van der Waals surface area contributed by atoms with Crippen LogP contribution in [-0.2, 0) is 0 Å². The van der Waals surface area contributed by atoms with E-state index in [4.69, 9.17) is 0 Å². The summed E-state index contributed by atoms with van der Waals surface area (Å²) in [6.07, 6.45) is 7.00. The number of allylic oxidation sites excluding steroid dienone is 1. The number of hydrogen-bond donors (Lipinski definition) is 1. The zero-order valence-corrected chi connectivity index (χ0v) is 10.6. The first-order chi connectivity index (χ1) is 7.63. The van der Waals surface area contributed by atoms with Crippen LogP contribution in [0.5, 0.6) is 0 Å². The predicted octanol–water partition coefficient (Wildman–Crippen LogP) is 2.79. The van der Waals surface area contributed by atoms with Crippen molar-refractivity contribution in [2.45, 2.75) is 40.2 Å². The van der Waals surface area contributed by atoms with E-state index in [2.05, 4.69) is 42.1 Å². The fourth-order valence-corrected chi connectivity index (χ4v) is 1.42. The first kappa shape index (κ1) is 12.8. The van der Waals surface area contributed by atoms with Crippen molar-refractivity contribution in [2.75, 3.05) is 6.54 Å². The molecule has 1 aromatic heterocycles. The van der Waals surface area contributed by atoms with Crippen LogP contribution >= 0.6 is 0 Å². The second-order valence-corrected chi connectivity index (χ2v) is 4.29. The van der Waals surface area contributed by atoms with Crippen LogP contribution in [0, 0.1) is 6.92 Å². The number of nitrogens with one attached hydrogen (secondary N) is 1. The molecule has 3 nitrogen and oxygen atoms in total. The Labute approximate surface area is 98.0 Å². The normalized spacial score (nSPS) is 12.2. The van der Waals surface area contributed by atoms with Gasteiger partial charge in [-0.05, 0) is 39.3 Å². The second kappa shape index (κ2) is 6.38. The summed E-state index contributed by atoms with van der Waals surface area (Å²) in [6.45, 7) is 9.32. The van der Waals surface area contributed by atoms with E-state index in [0.29, 0.717) is 0 Å². The second-order valence-electron chi connectivity index (χ2n) is 4.29. The van der Waals surface area contributed by atoms with Gasteiger partial charge in [0.1, 0.15) is 5.82 Å². The highest BCUT2D eigenvalue weighted by atomic mass is 15.0. The lowest BCUT2D eigenvalue weighted by Crippen LogP contribution is -2.22. The summed E-state index contributed by atoms with van der Waals surface area (Å²) < 4.78 is 0. The maximum absolute atomic E-state index is 4.37. The van der Waals surface area contributed by atoms with Crippen molar-refractivity contribution in [2.24, 2.45) is 0 Å². The van der Waals surface area contributed by atoms with E-state index in [9.17, 15) is 0 Å². The molecule has 0 fully saturated rings. The molecule has 1 rings (SSSR count). The van der Waals surface area contributed by atoms with Crippen molar-refractivity contribution in [1.82, 2.24) is 15.3 Å². The lowest BCUT2D eigenvalue weighted by Gasteiger charge is -2.13. The summed E-state index contributed by atoms with van der Waals surface area (Å²) in [5.74, 6) is 0.847. The highest BCUT2D eigenvalue weighted by Crippen LogP contribution is 2.11. The Morgan fingerprint density at radius 1 is 1.38 bits per heavy atom. The van der Waals surface area contributed by atoms with E-state index >= 15 is 0 Å². The lowest BCUT2D eigenvalue weighted by molar-refractivity contribution is 0.582. The van der Waals surface area contributed by atoms with Crippen LogP contribution in [0.15, 0.2) is 24.0 Å². The van der Waals surface area contributed by atoms with Gasteiger partial charge in [-0.15, -0.1) is 0 Å². The molecule has 0 amide bonds. The van der Waals surface area contributed by atoms with E-state index in [-0.39, 0.29) is 6.04 Å². The summed E-state index contributed by atoms with van der Waals surface area (Å²) in [4.78, 5) is 8.73. The van der Waals surface area contributed by atoms with E-state index in [1.165, 1.54) is 5.57 Å². The zero-order valence-electron chi connectivity index (χ0n) is 10.6. The van der Waals surface area contributed by atoms with E-state index in [1.54, 1.807) is 0 Å². The molecule has 0 spiro atoms. The third kappa shape index (κ3) is 4.11. The number of rotatable bonds is 5. The van der Waals surface area contributed by atoms with Gasteiger partial charge in [-0.2, -0.15) is 0 Å². The predicted molar refractivity (Wildman–Crippen MR) is 67.2 cm³/mol. The molecule has 1 atom stereocenters. The fraction of sp³-hybridized carbons (Fsp3) is 0.538. The first-order valence-corrected chi connectivity index (χ1v) is 5.80. The Morgan fingerprint density at radius 2 is 2.00 bits per heavy atom. The minimum atomic E-state index is 0.130. The molecule has 16 heavy (non-hydrogen) atoms. The minimum Gasteiger partial charge on any atom is -0.304 e. The van der Waals surface area contributed by atoms with Crippen molar-refractivity contribution in [3.05, 3.63) is 35.4 Å². The van der Waals surface area contributed by atoms with Crippen molar-refractivity contribution in [3.63, 3.8) is 0 Å². The molecule has 1 aromatic rings. The molecule has 0 saturated heterocycles. The van der Waals surface area contributed by atoms with Gasteiger partial charge in [0.25, 0.3) is 0 Å². The Kier molecular flexibility index (Phi) is 5.12. The van der Waals surface area contributed by atoms with Gasteiger partial charge >= 0.3 is 0 Å². The van der Waals surface area contributed by atoms with Crippen LogP contribution in [0.25, 0.3) is 0 Å². The summed E-state index contributed by atoms with van der Waals surface area (Å²) in [5, 5.41) is 3.44. The maximum atomic E-state index is 4.37. The number of nitrogens with zero attached hydrogens (tertiary/aromatic N) is 2. The van der Waals surface area contributed by atoms with Crippen LogP contribution in [0.2, 0.25) is 0 Å². The van der Waals surface area contributed by atoms with Crippen molar-refractivity contribution in [3.8, 4) is 0 Å². The zero-order chi connectivity index (χ0) is 12.0. The molecule has 0 aliphatic carbocycles. The van der Waals surface area contributed by atoms with Gasteiger partial charge in [-0.25, -0.2) is 9.97 Å². The largest absolute Gasteiger partial charge is 0.304 e. The molecule has 0 bridgehead atoms. The summed E-state index contributed by atoms with van der Waals surface area (Å²) in [6, 6.07) is 0.130. The smallest absolute Gasteiger partial charge is 0.149 e. The van der Waals surface area contributed by atoms with Crippen LogP contribution < -0.4 is 5.32 Å². The summed E-state index contributed by atoms with van der Waals surface area (Å²) >= 11 is 0. The standard InChI is InChI=1S/C13H21N3/c1-5-6-14-12(7-10(2)3)13-15-8-11(4)9-16-13/h7-9,12,14H,5-6H2,1-4H3. The molecule has 1 heterocycles. The van der Waals surface area contributed by atoms with E-state index < -0.39 is 0 Å². The van der Waals surface area contributed by atoms with Gasteiger partial charge in [0.15, 0.2) is 0 Å². The Bertz CT molecular complexity index is 337. The SMILES string of the molecule is CCCNC(C=C(C)C)c1ncc(C)cn1. The van der Waals surface area contributed by atoms with Gasteiger partial charge in [0.2, 0.25) is 0 Å². The fourth-order valence-electron chi connectivity index (χ4n) is 1.42. The Hall–Kier alpha value is -1.22. The average molecular weight is 219 g/mol. The van der Waals surface area contributed by atoms with Crippen molar-refractivity contribution >= 4 is 0 Å². The maximum Gasteiger partial charge on any atom is 0.149 e. The quantitative estimate of drug-likeness (QED) is 0.774. The summed E-state index contributed by atoms with van der Waals surface area (Å²) in [7, 11) is 0. The van der Waals surface area contributed by atoms with E-state index in [1.807, 2.05) is 19.3 Å². The molecule has 0 aromatic carbocycles. The molecule has 1 N–H and O–H groups in total. The molecule has 0 saturated carbocycles. The van der Waals surface area contributed by atoms with Crippen molar-refractivity contribution in [1.29, 1.82) is 0 Å². The number of hydrogen-bond acceptors (Lipinski definition) is 3. The molecule has 0 radical (unpaired) electrons. The van der Waals surface area contributed by atoms with Gasteiger partial charge in [-0.1, -0.05) is 18.6 Å². The Morgan fingerprint density at radius 3 is 2.50 bits per heavy atom. The molecule has 1 unspecified atom stereocenters. The number of aryl methyl sites for hydroxylation is 1. The highest BCUT2D eigenvalue weighted by Gasteiger charge is 2.09. The van der Waals surface area contributed by atoms with Crippen LogP contribution in [0.1, 0.15) is 44.6 Å². The highest BCUT2D eigenvalue weighted by molar-refractivity contribution is 5.12.